The van der Waals surface area contributed by atoms with Gasteiger partial charge in [0, 0.05) is 41.7 Å². The standard InChI is InChI=1S/C20H18F2N4O2/c1-28-19-4-2-3-17(21)16(19)12-25-7-8-26(20(25)27)14-5-6-15(18(22)9-14)13-10-23-24-11-13/h2-6,9-11H,7-8,12H2,1H3,(H,23,24). The summed E-state index contributed by atoms with van der Waals surface area (Å²) in [5.41, 5.74) is 1.81. The molecule has 28 heavy (non-hydrogen) atoms. The molecule has 2 aromatic carbocycles. The highest BCUT2D eigenvalue weighted by atomic mass is 19.1. The number of H-pyrrole nitrogens is 1. The molecule has 0 unspecified atom stereocenters. The number of benzene rings is 2. The number of hydrogen-bond donors (Lipinski definition) is 1. The van der Waals surface area contributed by atoms with Gasteiger partial charge in [0.1, 0.15) is 17.4 Å². The van der Waals surface area contributed by atoms with E-state index in [0.717, 1.165) is 0 Å². The highest BCUT2D eigenvalue weighted by molar-refractivity contribution is 5.94. The molecule has 6 nitrogen and oxygen atoms in total. The van der Waals surface area contributed by atoms with Crippen LogP contribution >= 0.6 is 0 Å². The summed E-state index contributed by atoms with van der Waals surface area (Å²) in [6, 6.07) is 8.87. The molecule has 144 valence electrons. The molecule has 0 saturated carbocycles. The van der Waals surface area contributed by atoms with E-state index in [1.165, 1.54) is 35.2 Å². The molecule has 1 saturated heterocycles. The van der Waals surface area contributed by atoms with Crippen molar-refractivity contribution in [2.45, 2.75) is 6.54 Å². The number of rotatable bonds is 5. The highest BCUT2D eigenvalue weighted by Crippen LogP contribution is 2.30. The van der Waals surface area contributed by atoms with E-state index in [2.05, 4.69) is 10.2 Å². The van der Waals surface area contributed by atoms with Gasteiger partial charge in [0.2, 0.25) is 0 Å². The zero-order valence-electron chi connectivity index (χ0n) is 15.2. The van der Waals surface area contributed by atoms with Crippen molar-refractivity contribution in [1.29, 1.82) is 0 Å². The zero-order chi connectivity index (χ0) is 19.7. The third kappa shape index (κ3) is 3.17. The number of aromatic nitrogens is 2. The van der Waals surface area contributed by atoms with Gasteiger partial charge in [-0.25, -0.2) is 13.6 Å². The molecule has 1 aromatic heterocycles. The fourth-order valence-corrected chi connectivity index (χ4v) is 3.35. The summed E-state index contributed by atoms with van der Waals surface area (Å²) in [5, 5.41) is 6.47. The fraction of sp³-hybridized carbons (Fsp3) is 0.200. The third-order valence-electron chi connectivity index (χ3n) is 4.81. The van der Waals surface area contributed by atoms with Gasteiger partial charge in [-0.1, -0.05) is 6.07 Å². The molecule has 4 rings (SSSR count). The number of urea groups is 1. The van der Waals surface area contributed by atoms with Gasteiger partial charge >= 0.3 is 6.03 Å². The number of methoxy groups -OCH3 is 1. The van der Waals surface area contributed by atoms with Gasteiger partial charge in [-0.05, 0) is 30.3 Å². The summed E-state index contributed by atoms with van der Waals surface area (Å²) in [4.78, 5) is 15.8. The van der Waals surface area contributed by atoms with Gasteiger partial charge in [0.15, 0.2) is 0 Å². The van der Waals surface area contributed by atoms with E-state index in [1.807, 2.05) is 0 Å². The minimum absolute atomic E-state index is 0.0841. The first-order valence-electron chi connectivity index (χ1n) is 8.75. The topological polar surface area (TPSA) is 61.5 Å². The van der Waals surface area contributed by atoms with Crippen LogP contribution in [-0.2, 0) is 6.54 Å². The van der Waals surface area contributed by atoms with Crippen molar-refractivity contribution >= 4 is 11.7 Å². The fourth-order valence-electron chi connectivity index (χ4n) is 3.35. The monoisotopic (exact) mass is 384 g/mol. The maximum Gasteiger partial charge on any atom is 0.324 e. The summed E-state index contributed by atoms with van der Waals surface area (Å²) >= 11 is 0. The average molecular weight is 384 g/mol. The second-order valence-corrected chi connectivity index (χ2v) is 6.43. The molecule has 1 aliphatic heterocycles. The number of nitrogens with one attached hydrogen (secondary N) is 1. The predicted molar refractivity (Wildman–Crippen MR) is 100 cm³/mol. The van der Waals surface area contributed by atoms with Crippen LogP contribution in [0.1, 0.15) is 5.56 Å². The van der Waals surface area contributed by atoms with Crippen LogP contribution in [0.4, 0.5) is 19.3 Å². The first-order chi connectivity index (χ1) is 13.6. The average Bonchev–Trinajstić information content (AvgIpc) is 3.34. The summed E-state index contributed by atoms with van der Waals surface area (Å²) in [7, 11) is 1.46. The number of carbonyl (C=O) groups is 1. The second-order valence-electron chi connectivity index (χ2n) is 6.43. The Bertz CT molecular complexity index is 1010. The maximum atomic E-state index is 14.5. The van der Waals surface area contributed by atoms with E-state index in [1.54, 1.807) is 30.5 Å². The SMILES string of the molecule is COc1cccc(F)c1CN1CCN(c2ccc(-c3cn[nH]c3)c(F)c2)C1=O. The number of aromatic amines is 1. The first kappa shape index (κ1) is 18.0. The molecule has 1 N–H and O–H groups in total. The van der Waals surface area contributed by atoms with Crippen molar-refractivity contribution in [2.75, 3.05) is 25.1 Å². The molecule has 8 heteroatoms. The van der Waals surface area contributed by atoms with E-state index in [-0.39, 0.29) is 12.6 Å². The van der Waals surface area contributed by atoms with Crippen LogP contribution in [0.2, 0.25) is 0 Å². The van der Waals surface area contributed by atoms with Crippen molar-refractivity contribution in [3.05, 3.63) is 66.0 Å². The number of carbonyl (C=O) groups excluding carboxylic acids is 1. The van der Waals surface area contributed by atoms with Gasteiger partial charge in [-0.15, -0.1) is 0 Å². The third-order valence-corrected chi connectivity index (χ3v) is 4.81. The Morgan fingerprint density at radius 2 is 2.04 bits per heavy atom. The Morgan fingerprint density at radius 3 is 2.75 bits per heavy atom. The van der Waals surface area contributed by atoms with Crippen molar-refractivity contribution in [3.63, 3.8) is 0 Å². The molecule has 0 aliphatic carbocycles. The molecule has 0 spiro atoms. The molecule has 0 atom stereocenters. The van der Waals surface area contributed by atoms with E-state index < -0.39 is 11.6 Å². The number of hydrogen-bond acceptors (Lipinski definition) is 3. The lowest BCUT2D eigenvalue weighted by Gasteiger charge is -2.20. The van der Waals surface area contributed by atoms with Gasteiger partial charge in [0.25, 0.3) is 0 Å². The maximum absolute atomic E-state index is 14.5. The molecule has 1 fully saturated rings. The zero-order valence-corrected chi connectivity index (χ0v) is 15.2. The molecule has 0 bridgehead atoms. The van der Waals surface area contributed by atoms with Crippen LogP contribution in [0, 0.1) is 11.6 Å². The van der Waals surface area contributed by atoms with Crippen LogP contribution in [-0.4, -0.2) is 41.3 Å². The predicted octanol–water partition coefficient (Wildman–Crippen LogP) is 3.81. The Kier molecular flexibility index (Phi) is 4.68. The van der Waals surface area contributed by atoms with Gasteiger partial charge in [-0.2, -0.15) is 5.10 Å². The van der Waals surface area contributed by atoms with Crippen LogP contribution in [0.5, 0.6) is 5.75 Å². The minimum Gasteiger partial charge on any atom is -0.496 e. The van der Waals surface area contributed by atoms with Crippen molar-refractivity contribution in [3.8, 4) is 16.9 Å². The Labute approximate surface area is 160 Å². The van der Waals surface area contributed by atoms with Crippen molar-refractivity contribution in [2.24, 2.45) is 0 Å². The van der Waals surface area contributed by atoms with E-state index >= 15 is 0 Å². The lowest BCUT2D eigenvalue weighted by molar-refractivity contribution is 0.217. The summed E-state index contributed by atoms with van der Waals surface area (Å²) < 4.78 is 33.9. The molecule has 2 heterocycles. The first-order valence-corrected chi connectivity index (χ1v) is 8.75. The second kappa shape index (κ2) is 7.30. The van der Waals surface area contributed by atoms with Crippen LogP contribution in [0.15, 0.2) is 48.8 Å². The summed E-state index contributed by atoms with van der Waals surface area (Å²) in [5.74, 6) is -0.483. The summed E-state index contributed by atoms with van der Waals surface area (Å²) in [6.45, 7) is 0.877. The molecular formula is C20H18F2N4O2. The van der Waals surface area contributed by atoms with Crippen molar-refractivity contribution in [1.82, 2.24) is 15.1 Å². The molecule has 3 aromatic rings. The van der Waals surface area contributed by atoms with E-state index in [0.29, 0.717) is 41.2 Å². The summed E-state index contributed by atoms with van der Waals surface area (Å²) in [6.07, 6.45) is 3.13. The van der Waals surface area contributed by atoms with Crippen LogP contribution in [0.3, 0.4) is 0 Å². The molecular weight excluding hydrogens is 366 g/mol. The number of ether oxygens (including phenoxy) is 1. The molecule has 2 amide bonds. The van der Waals surface area contributed by atoms with E-state index in [9.17, 15) is 13.6 Å². The van der Waals surface area contributed by atoms with Crippen LogP contribution in [0.25, 0.3) is 11.1 Å². The van der Waals surface area contributed by atoms with E-state index in [4.69, 9.17) is 4.74 Å². The Hall–Kier alpha value is -3.42. The molecule has 1 aliphatic rings. The van der Waals surface area contributed by atoms with Crippen molar-refractivity contribution < 1.29 is 18.3 Å². The van der Waals surface area contributed by atoms with Crippen LogP contribution < -0.4 is 9.64 Å². The lowest BCUT2D eigenvalue weighted by atomic mass is 10.1. The largest absolute Gasteiger partial charge is 0.496 e. The molecule has 0 radical (unpaired) electrons. The Balaban J connectivity index is 1.54. The number of nitrogens with zero attached hydrogens (tertiary/aromatic N) is 3. The number of amides is 2. The van der Waals surface area contributed by atoms with Gasteiger partial charge in [0.05, 0.1) is 19.9 Å². The normalized spacial score (nSPS) is 14.0. The number of anilines is 1. The van der Waals surface area contributed by atoms with Gasteiger partial charge in [-0.3, -0.25) is 10.00 Å². The Morgan fingerprint density at radius 1 is 1.18 bits per heavy atom. The minimum atomic E-state index is -0.444. The number of halogens is 2. The smallest absolute Gasteiger partial charge is 0.324 e. The highest BCUT2D eigenvalue weighted by Gasteiger charge is 2.31. The van der Waals surface area contributed by atoms with Gasteiger partial charge < -0.3 is 9.64 Å². The quantitative estimate of drug-likeness (QED) is 0.728. The lowest BCUT2D eigenvalue weighted by Crippen LogP contribution is -2.31.